The molecule has 6 heteroatoms. The number of benzene rings is 2. The Balaban J connectivity index is 1.64. The van der Waals surface area contributed by atoms with Gasteiger partial charge in [-0.05, 0) is 47.4 Å². The van der Waals surface area contributed by atoms with Crippen LogP contribution in [0.5, 0.6) is 0 Å². The Morgan fingerprint density at radius 3 is 2.07 bits per heavy atom. The van der Waals surface area contributed by atoms with E-state index in [1.807, 2.05) is 24.3 Å². The zero-order chi connectivity index (χ0) is 19.4. The Bertz CT molecular complexity index is 914. The molecule has 0 aliphatic carbocycles. The second kappa shape index (κ2) is 7.53. The Labute approximate surface area is 157 Å². The summed E-state index contributed by atoms with van der Waals surface area (Å²) in [5, 5.41) is 5.80. The second-order valence-electron chi connectivity index (χ2n) is 7.20. The van der Waals surface area contributed by atoms with E-state index >= 15 is 0 Å². The summed E-state index contributed by atoms with van der Waals surface area (Å²) in [7, 11) is 0. The molecule has 3 aromatic rings. The van der Waals surface area contributed by atoms with Crippen LogP contribution in [0.15, 0.2) is 60.9 Å². The van der Waals surface area contributed by atoms with Gasteiger partial charge in [-0.2, -0.15) is 0 Å². The summed E-state index contributed by atoms with van der Waals surface area (Å²) in [4.78, 5) is 20.6. The Morgan fingerprint density at radius 1 is 0.889 bits per heavy atom. The van der Waals surface area contributed by atoms with Crippen LogP contribution in [0, 0.1) is 5.82 Å². The van der Waals surface area contributed by atoms with Crippen molar-refractivity contribution in [1.29, 1.82) is 0 Å². The van der Waals surface area contributed by atoms with E-state index in [-0.39, 0.29) is 22.8 Å². The third kappa shape index (κ3) is 4.88. The molecule has 1 heterocycles. The predicted octanol–water partition coefficient (Wildman–Crippen LogP) is 4.91. The zero-order valence-corrected chi connectivity index (χ0v) is 15.5. The molecule has 0 unspecified atom stereocenters. The molecule has 2 N–H and O–H groups in total. The molecule has 0 radical (unpaired) electrons. The Morgan fingerprint density at radius 2 is 1.52 bits per heavy atom. The summed E-state index contributed by atoms with van der Waals surface area (Å²) in [6, 6.07) is 13.6. The number of hydrogen-bond donors (Lipinski definition) is 2. The minimum Gasteiger partial charge on any atom is -0.339 e. The van der Waals surface area contributed by atoms with E-state index < -0.39 is 0 Å². The molecular weight excluding hydrogens is 343 g/mol. The van der Waals surface area contributed by atoms with Crippen molar-refractivity contribution >= 4 is 23.1 Å². The van der Waals surface area contributed by atoms with Crippen molar-refractivity contribution in [3.63, 3.8) is 0 Å². The van der Waals surface area contributed by atoms with Crippen molar-refractivity contribution in [3.05, 3.63) is 78.0 Å². The molecule has 0 saturated heterocycles. The summed E-state index contributed by atoms with van der Waals surface area (Å²) in [5.41, 5.74) is 2.84. The lowest BCUT2D eigenvalue weighted by molar-refractivity contribution is 0.102. The number of amides is 1. The third-order valence-corrected chi connectivity index (χ3v) is 4.01. The number of aromatic nitrogens is 2. The molecule has 0 aliphatic rings. The molecule has 5 nitrogen and oxygen atoms in total. The SMILES string of the molecule is CC(C)(C)c1ccc(NC(=O)c2cnc(Nc3ccc(F)cc3)cn2)cc1. The van der Waals surface area contributed by atoms with E-state index in [2.05, 4.69) is 41.4 Å². The van der Waals surface area contributed by atoms with Gasteiger partial charge >= 0.3 is 0 Å². The molecule has 0 saturated carbocycles. The van der Waals surface area contributed by atoms with Crippen LogP contribution in [0.3, 0.4) is 0 Å². The average molecular weight is 364 g/mol. The summed E-state index contributed by atoms with van der Waals surface area (Å²) in [6.07, 6.45) is 2.85. The molecule has 0 atom stereocenters. The largest absolute Gasteiger partial charge is 0.339 e. The number of nitrogens with one attached hydrogen (secondary N) is 2. The maximum Gasteiger partial charge on any atom is 0.275 e. The Kier molecular flexibility index (Phi) is 5.16. The van der Waals surface area contributed by atoms with Crippen LogP contribution in [-0.4, -0.2) is 15.9 Å². The molecule has 1 amide bonds. The van der Waals surface area contributed by atoms with Crippen LogP contribution < -0.4 is 10.6 Å². The topological polar surface area (TPSA) is 66.9 Å². The van der Waals surface area contributed by atoms with Gasteiger partial charge in [-0.3, -0.25) is 4.79 Å². The fourth-order valence-corrected chi connectivity index (χ4v) is 2.44. The van der Waals surface area contributed by atoms with Crippen molar-refractivity contribution in [2.75, 3.05) is 10.6 Å². The smallest absolute Gasteiger partial charge is 0.275 e. The number of nitrogens with zero attached hydrogens (tertiary/aromatic N) is 2. The fourth-order valence-electron chi connectivity index (χ4n) is 2.44. The number of halogens is 1. The summed E-state index contributed by atoms with van der Waals surface area (Å²) < 4.78 is 12.9. The predicted molar refractivity (Wildman–Crippen MR) is 105 cm³/mol. The highest BCUT2D eigenvalue weighted by molar-refractivity contribution is 6.02. The molecule has 0 bridgehead atoms. The Hall–Kier alpha value is -3.28. The number of carbonyl (C=O) groups excluding carboxylic acids is 1. The van der Waals surface area contributed by atoms with E-state index in [4.69, 9.17) is 0 Å². The summed E-state index contributed by atoms with van der Waals surface area (Å²) in [6.45, 7) is 6.41. The minimum atomic E-state index is -0.334. The van der Waals surface area contributed by atoms with E-state index in [0.717, 1.165) is 0 Å². The van der Waals surface area contributed by atoms with Crippen LogP contribution in [0.2, 0.25) is 0 Å². The van der Waals surface area contributed by atoms with E-state index in [9.17, 15) is 9.18 Å². The van der Waals surface area contributed by atoms with Gasteiger partial charge in [-0.15, -0.1) is 0 Å². The number of carbonyl (C=O) groups is 1. The average Bonchev–Trinajstić information content (AvgIpc) is 2.64. The summed E-state index contributed by atoms with van der Waals surface area (Å²) >= 11 is 0. The molecule has 3 rings (SSSR count). The van der Waals surface area contributed by atoms with Crippen molar-refractivity contribution < 1.29 is 9.18 Å². The first-order chi connectivity index (χ1) is 12.8. The number of rotatable bonds is 4. The van der Waals surface area contributed by atoms with Gasteiger partial charge in [0.2, 0.25) is 0 Å². The van der Waals surface area contributed by atoms with Crippen LogP contribution in [0.4, 0.5) is 21.6 Å². The standard InChI is InChI=1S/C21H21FN4O/c1-21(2,3)14-4-8-17(9-5-14)26-20(27)18-12-24-19(13-23-18)25-16-10-6-15(22)7-11-16/h4-13H,1-3H3,(H,24,25)(H,26,27). The number of anilines is 3. The van der Waals surface area contributed by atoms with Gasteiger partial charge in [-0.25, -0.2) is 14.4 Å². The van der Waals surface area contributed by atoms with Crippen molar-refractivity contribution in [1.82, 2.24) is 9.97 Å². The first-order valence-corrected chi connectivity index (χ1v) is 8.58. The first kappa shape index (κ1) is 18.5. The van der Waals surface area contributed by atoms with E-state index in [0.29, 0.717) is 17.2 Å². The quantitative estimate of drug-likeness (QED) is 0.690. The van der Waals surface area contributed by atoms with Crippen LogP contribution in [0.25, 0.3) is 0 Å². The number of hydrogen-bond acceptors (Lipinski definition) is 4. The van der Waals surface area contributed by atoms with Crippen LogP contribution in [0.1, 0.15) is 36.8 Å². The third-order valence-electron chi connectivity index (χ3n) is 4.01. The highest BCUT2D eigenvalue weighted by atomic mass is 19.1. The zero-order valence-electron chi connectivity index (χ0n) is 15.5. The lowest BCUT2D eigenvalue weighted by Crippen LogP contribution is -2.15. The molecule has 0 aliphatic heterocycles. The van der Waals surface area contributed by atoms with Crippen LogP contribution >= 0.6 is 0 Å². The highest BCUT2D eigenvalue weighted by Crippen LogP contribution is 2.23. The molecule has 0 spiro atoms. The molecular formula is C21H21FN4O. The van der Waals surface area contributed by atoms with Gasteiger partial charge in [-0.1, -0.05) is 32.9 Å². The molecule has 138 valence electrons. The van der Waals surface area contributed by atoms with Gasteiger partial charge in [0.1, 0.15) is 17.3 Å². The second-order valence-corrected chi connectivity index (χ2v) is 7.20. The molecule has 0 fully saturated rings. The molecule has 1 aromatic heterocycles. The van der Waals surface area contributed by atoms with E-state index in [1.165, 1.54) is 30.1 Å². The lowest BCUT2D eigenvalue weighted by atomic mass is 9.87. The maximum absolute atomic E-state index is 12.9. The van der Waals surface area contributed by atoms with Gasteiger partial charge in [0, 0.05) is 11.4 Å². The van der Waals surface area contributed by atoms with Crippen molar-refractivity contribution in [2.24, 2.45) is 0 Å². The fraction of sp³-hybridized carbons (Fsp3) is 0.190. The maximum atomic E-state index is 12.9. The van der Waals surface area contributed by atoms with Crippen molar-refractivity contribution in [3.8, 4) is 0 Å². The van der Waals surface area contributed by atoms with Gasteiger partial charge < -0.3 is 10.6 Å². The van der Waals surface area contributed by atoms with Gasteiger partial charge in [0.25, 0.3) is 5.91 Å². The summed E-state index contributed by atoms with van der Waals surface area (Å²) in [5.74, 6) is -0.179. The van der Waals surface area contributed by atoms with Gasteiger partial charge in [0.15, 0.2) is 0 Å². The van der Waals surface area contributed by atoms with Gasteiger partial charge in [0.05, 0.1) is 12.4 Å². The highest BCUT2D eigenvalue weighted by Gasteiger charge is 2.14. The van der Waals surface area contributed by atoms with Crippen molar-refractivity contribution in [2.45, 2.75) is 26.2 Å². The molecule has 27 heavy (non-hydrogen) atoms. The van der Waals surface area contributed by atoms with E-state index in [1.54, 1.807) is 12.1 Å². The van der Waals surface area contributed by atoms with Crippen LogP contribution in [-0.2, 0) is 5.41 Å². The first-order valence-electron chi connectivity index (χ1n) is 8.58. The lowest BCUT2D eigenvalue weighted by Gasteiger charge is -2.19. The monoisotopic (exact) mass is 364 g/mol. The normalized spacial score (nSPS) is 11.1. The minimum absolute atomic E-state index is 0.0569. The molecule has 2 aromatic carbocycles.